The zero-order valence-electron chi connectivity index (χ0n) is 17.7. The molecule has 0 spiro atoms. The van der Waals surface area contributed by atoms with E-state index in [9.17, 15) is 9.59 Å². The first-order valence-corrected chi connectivity index (χ1v) is 10.4. The molecule has 4 aromatic rings. The van der Waals surface area contributed by atoms with Crippen LogP contribution in [0.3, 0.4) is 0 Å². The Bertz CT molecular complexity index is 1250. The number of hydrogen-bond donors (Lipinski definition) is 2. The Morgan fingerprint density at radius 1 is 0.938 bits per heavy atom. The molecule has 3 aromatic carbocycles. The molecule has 32 heavy (non-hydrogen) atoms. The van der Waals surface area contributed by atoms with Crippen molar-refractivity contribution in [1.82, 2.24) is 15.3 Å². The van der Waals surface area contributed by atoms with Crippen LogP contribution in [0, 0.1) is 0 Å². The minimum absolute atomic E-state index is 0.0649. The average Bonchev–Trinajstić information content (AvgIpc) is 3.15. The Hall–Kier alpha value is -4.19. The van der Waals surface area contributed by atoms with Gasteiger partial charge in [0.2, 0.25) is 5.91 Å². The van der Waals surface area contributed by atoms with E-state index < -0.39 is 6.04 Å². The van der Waals surface area contributed by atoms with E-state index in [1.807, 2.05) is 78.5 Å². The molecule has 0 saturated carbocycles. The van der Waals surface area contributed by atoms with E-state index >= 15 is 0 Å². The molecule has 0 aliphatic rings. The van der Waals surface area contributed by atoms with E-state index in [2.05, 4.69) is 15.8 Å². The van der Waals surface area contributed by atoms with Crippen LogP contribution in [0.15, 0.2) is 96.2 Å². The Morgan fingerprint density at radius 2 is 1.59 bits per heavy atom. The number of hydrogen-bond acceptors (Lipinski definition) is 3. The van der Waals surface area contributed by atoms with E-state index in [0.717, 1.165) is 22.0 Å². The van der Waals surface area contributed by atoms with Crippen LogP contribution in [0.4, 0.5) is 0 Å². The first-order chi connectivity index (χ1) is 15.6. The summed E-state index contributed by atoms with van der Waals surface area (Å²) >= 11 is 0. The second kappa shape index (κ2) is 9.75. The average molecular weight is 425 g/mol. The summed E-state index contributed by atoms with van der Waals surface area (Å²) in [5, 5.41) is 8.16. The molecule has 0 unspecified atom stereocenters. The number of nitrogens with zero attached hydrogens (tertiary/aromatic N) is 2. The monoisotopic (exact) mass is 424 g/mol. The fourth-order valence-electron chi connectivity index (χ4n) is 3.65. The summed E-state index contributed by atoms with van der Waals surface area (Å²) in [6, 6.07) is 25.9. The number of amides is 2. The number of aryl methyl sites for hydroxylation is 1. The van der Waals surface area contributed by atoms with E-state index in [1.54, 1.807) is 30.5 Å². The predicted molar refractivity (Wildman–Crippen MR) is 126 cm³/mol. The van der Waals surface area contributed by atoms with Gasteiger partial charge in [0.25, 0.3) is 5.91 Å². The molecular formula is C26H24N4O2. The summed E-state index contributed by atoms with van der Waals surface area (Å²) in [5.41, 5.74) is 5.99. The van der Waals surface area contributed by atoms with Gasteiger partial charge in [-0.2, -0.15) is 5.10 Å². The molecule has 0 aliphatic carbocycles. The smallest absolute Gasteiger partial charge is 0.251 e. The van der Waals surface area contributed by atoms with Gasteiger partial charge < -0.3 is 9.88 Å². The first-order valence-electron chi connectivity index (χ1n) is 10.4. The summed E-state index contributed by atoms with van der Waals surface area (Å²) in [6.45, 7) is 0. The number of carbonyl (C=O) groups excluding carboxylic acids is 2. The number of para-hydroxylation sites is 1. The van der Waals surface area contributed by atoms with E-state index in [-0.39, 0.29) is 18.2 Å². The molecule has 6 nitrogen and oxygen atoms in total. The number of benzene rings is 3. The van der Waals surface area contributed by atoms with Crippen molar-refractivity contribution >= 4 is 28.9 Å². The second-order valence-electron chi connectivity index (χ2n) is 7.51. The number of rotatable bonds is 7. The van der Waals surface area contributed by atoms with Crippen molar-refractivity contribution in [2.75, 3.05) is 0 Å². The molecule has 0 fully saturated rings. The normalized spacial score (nSPS) is 12.0. The topological polar surface area (TPSA) is 75.5 Å². The molecule has 2 amide bonds. The van der Waals surface area contributed by atoms with Crippen molar-refractivity contribution in [2.24, 2.45) is 12.1 Å². The molecule has 6 heteroatoms. The third kappa shape index (κ3) is 4.92. The van der Waals surface area contributed by atoms with Crippen LogP contribution in [-0.2, 0) is 11.8 Å². The Labute approximate surface area is 186 Å². The van der Waals surface area contributed by atoms with Gasteiger partial charge in [-0.1, -0.05) is 66.7 Å². The molecule has 1 heterocycles. The van der Waals surface area contributed by atoms with Crippen LogP contribution in [0.1, 0.15) is 33.9 Å². The molecule has 0 bridgehead atoms. The predicted octanol–water partition coefficient (Wildman–Crippen LogP) is 4.19. The number of hydrazone groups is 1. The summed E-state index contributed by atoms with van der Waals surface area (Å²) in [6.07, 6.45) is 3.67. The van der Waals surface area contributed by atoms with Crippen molar-refractivity contribution in [3.8, 4) is 0 Å². The Morgan fingerprint density at radius 3 is 2.34 bits per heavy atom. The SMILES string of the molecule is Cn1cc(/C=N\NC(=O)C[C@H](NC(=O)c2ccccc2)c2ccccc2)c2ccccc21. The van der Waals surface area contributed by atoms with Gasteiger partial charge in [-0.25, -0.2) is 5.43 Å². The first kappa shape index (κ1) is 21.1. The highest BCUT2D eigenvalue weighted by Crippen LogP contribution is 2.19. The lowest BCUT2D eigenvalue weighted by molar-refractivity contribution is -0.121. The van der Waals surface area contributed by atoms with Crippen molar-refractivity contribution in [2.45, 2.75) is 12.5 Å². The molecule has 0 aliphatic heterocycles. The highest BCUT2D eigenvalue weighted by molar-refractivity contribution is 5.99. The van der Waals surface area contributed by atoms with Crippen molar-refractivity contribution in [3.05, 3.63) is 108 Å². The molecule has 4 rings (SSSR count). The number of fused-ring (bicyclic) bond motifs is 1. The van der Waals surface area contributed by atoms with Crippen LogP contribution in [0.2, 0.25) is 0 Å². The number of nitrogens with one attached hydrogen (secondary N) is 2. The summed E-state index contributed by atoms with van der Waals surface area (Å²) < 4.78 is 2.02. The maximum atomic E-state index is 12.7. The van der Waals surface area contributed by atoms with Gasteiger partial charge in [0.05, 0.1) is 18.7 Å². The number of carbonyl (C=O) groups is 2. The van der Waals surface area contributed by atoms with Crippen molar-refractivity contribution < 1.29 is 9.59 Å². The zero-order valence-corrected chi connectivity index (χ0v) is 17.7. The van der Waals surface area contributed by atoms with Gasteiger partial charge in [-0.3, -0.25) is 9.59 Å². The van der Waals surface area contributed by atoms with Crippen LogP contribution < -0.4 is 10.7 Å². The largest absolute Gasteiger partial charge is 0.350 e. The summed E-state index contributed by atoms with van der Waals surface area (Å²) in [7, 11) is 1.97. The lowest BCUT2D eigenvalue weighted by Crippen LogP contribution is -2.32. The van der Waals surface area contributed by atoms with Gasteiger partial charge >= 0.3 is 0 Å². The van der Waals surface area contributed by atoms with Gasteiger partial charge in [-0.15, -0.1) is 0 Å². The van der Waals surface area contributed by atoms with E-state index in [0.29, 0.717) is 5.56 Å². The lowest BCUT2D eigenvalue weighted by atomic mass is 10.0. The quantitative estimate of drug-likeness (QED) is 0.345. The van der Waals surface area contributed by atoms with Gasteiger partial charge in [0.1, 0.15) is 0 Å². The highest BCUT2D eigenvalue weighted by atomic mass is 16.2. The maximum absolute atomic E-state index is 12.7. The Kier molecular flexibility index (Phi) is 6.41. The summed E-state index contributed by atoms with van der Waals surface area (Å²) in [5.74, 6) is -0.518. The number of aromatic nitrogens is 1. The molecular weight excluding hydrogens is 400 g/mol. The highest BCUT2D eigenvalue weighted by Gasteiger charge is 2.19. The molecule has 0 saturated heterocycles. The second-order valence-corrected chi connectivity index (χ2v) is 7.51. The van der Waals surface area contributed by atoms with Crippen LogP contribution in [0.5, 0.6) is 0 Å². The van der Waals surface area contributed by atoms with Gasteiger partial charge in [0.15, 0.2) is 0 Å². The fraction of sp³-hybridized carbons (Fsp3) is 0.115. The fourth-order valence-corrected chi connectivity index (χ4v) is 3.65. The van der Waals surface area contributed by atoms with Crippen LogP contribution in [-0.4, -0.2) is 22.6 Å². The van der Waals surface area contributed by atoms with Gasteiger partial charge in [-0.05, 0) is 23.8 Å². The third-order valence-corrected chi connectivity index (χ3v) is 5.25. The Balaban J connectivity index is 1.45. The van der Waals surface area contributed by atoms with Crippen LogP contribution >= 0.6 is 0 Å². The minimum Gasteiger partial charge on any atom is -0.350 e. The molecule has 0 radical (unpaired) electrons. The molecule has 1 atom stereocenters. The van der Waals surface area contributed by atoms with Crippen LogP contribution in [0.25, 0.3) is 10.9 Å². The van der Waals surface area contributed by atoms with Crippen molar-refractivity contribution in [1.29, 1.82) is 0 Å². The zero-order chi connectivity index (χ0) is 22.3. The minimum atomic E-state index is -0.475. The van der Waals surface area contributed by atoms with E-state index in [4.69, 9.17) is 0 Å². The summed E-state index contributed by atoms with van der Waals surface area (Å²) in [4.78, 5) is 25.3. The standard InChI is InChI=1S/C26H24N4O2/c1-30-18-21(22-14-8-9-15-24(22)30)17-27-29-25(31)16-23(19-10-4-2-5-11-19)28-26(32)20-12-6-3-7-13-20/h2-15,17-18,23H,16H2,1H3,(H,28,32)(H,29,31)/b27-17-/t23-/m0/s1. The lowest BCUT2D eigenvalue weighted by Gasteiger charge is -2.18. The molecule has 2 N–H and O–H groups in total. The molecule has 160 valence electrons. The van der Waals surface area contributed by atoms with Gasteiger partial charge in [0, 0.05) is 35.3 Å². The van der Waals surface area contributed by atoms with E-state index in [1.165, 1.54) is 0 Å². The van der Waals surface area contributed by atoms with Crippen molar-refractivity contribution in [3.63, 3.8) is 0 Å². The maximum Gasteiger partial charge on any atom is 0.251 e. The molecule has 1 aromatic heterocycles. The third-order valence-electron chi connectivity index (χ3n) is 5.25.